The molecule has 96 valence electrons. The van der Waals surface area contributed by atoms with Crippen LogP contribution in [0.2, 0.25) is 0 Å². The minimum atomic E-state index is -0.158. The second kappa shape index (κ2) is 5.46. The lowest BCUT2D eigenvalue weighted by molar-refractivity contribution is 0.371. The number of nitrogens with zero attached hydrogens (tertiary/aromatic N) is 2. The molecule has 0 aliphatic carbocycles. The van der Waals surface area contributed by atoms with Gasteiger partial charge in [0.2, 0.25) is 5.88 Å². The summed E-state index contributed by atoms with van der Waals surface area (Å²) in [7, 11) is 1.64. The Balaban J connectivity index is 2.07. The van der Waals surface area contributed by atoms with Crippen molar-refractivity contribution < 1.29 is 4.74 Å². The van der Waals surface area contributed by atoms with Gasteiger partial charge in [-0.05, 0) is 19.9 Å². The Morgan fingerprint density at radius 3 is 2.83 bits per heavy atom. The Kier molecular flexibility index (Phi) is 3.93. The maximum Gasteiger partial charge on any atom is 0.217 e. The third-order valence-corrected chi connectivity index (χ3v) is 3.83. The highest BCUT2D eigenvalue weighted by Gasteiger charge is 2.22. The molecule has 5 heteroatoms. The van der Waals surface area contributed by atoms with Crippen molar-refractivity contribution in [3.05, 3.63) is 40.5 Å². The maximum atomic E-state index is 5.24. The SMILES string of the molecule is COc1ncccc1CNC(C)(C)c1nccs1. The number of hydrogen-bond donors (Lipinski definition) is 1. The van der Waals surface area contributed by atoms with Crippen LogP contribution in [0.1, 0.15) is 24.4 Å². The van der Waals surface area contributed by atoms with Gasteiger partial charge in [0.15, 0.2) is 0 Å². The molecule has 0 aliphatic heterocycles. The number of ether oxygens (including phenoxy) is 1. The van der Waals surface area contributed by atoms with Gasteiger partial charge in [-0.1, -0.05) is 6.07 Å². The van der Waals surface area contributed by atoms with Gasteiger partial charge < -0.3 is 10.1 Å². The third-order valence-electron chi connectivity index (χ3n) is 2.73. The summed E-state index contributed by atoms with van der Waals surface area (Å²) in [6.45, 7) is 4.94. The van der Waals surface area contributed by atoms with Crippen molar-refractivity contribution in [1.29, 1.82) is 0 Å². The van der Waals surface area contributed by atoms with E-state index >= 15 is 0 Å². The van der Waals surface area contributed by atoms with Crippen LogP contribution in [0.15, 0.2) is 29.9 Å². The zero-order chi connectivity index (χ0) is 13.0. The van der Waals surface area contributed by atoms with E-state index in [2.05, 4.69) is 29.1 Å². The van der Waals surface area contributed by atoms with Crippen LogP contribution in [0.3, 0.4) is 0 Å². The van der Waals surface area contributed by atoms with Crippen LogP contribution < -0.4 is 10.1 Å². The van der Waals surface area contributed by atoms with E-state index in [1.807, 2.05) is 23.7 Å². The van der Waals surface area contributed by atoms with Gasteiger partial charge in [-0.3, -0.25) is 0 Å². The van der Waals surface area contributed by atoms with E-state index in [0.717, 1.165) is 10.6 Å². The highest BCUT2D eigenvalue weighted by atomic mass is 32.1. The Hall–Kier alpha value is -1.46. The summed E-state index contributed by atoms with van der Waals surface area (Å²) in [4.78, 5) is 8.54. The molecule has 18 heavy (non-hydrogen) atoms. The molecule has 0 bridgehead atoms. The molecule has 1 N–H and O–H groups in total. The lowest BCUT2D eigenvalue weighted by Crippen LogP contribution is -2.35. The first-order chi connectivity index (χ1) is 8.63. The van der Waals surface area contributed by atoms with Gasteiger partial charge in [0.25, 0.3) is 0 Å². The van der Waals surface area contributed by atoms with Crippen LogP contribution in [-0.4, -0.2) is 17.1 Å². The summed E-state index contributed by atoms with van der Waals surface area (Å²) < 4.78 is 5.24. The van der Waals surface area contributed by atoms with Crippen LogP contribution in [0, 0.1) is 0 Å². The molecule has 2 rings (SSSR count). The van der Waals surface area contributed by atoms with E-state index in [-0.39, 0.29) is 5.54 Å². The topological polar surface area (TPSA) is 47.0 Å². The van der Waals surface area contributed by atoms with E-state index in [4.69, 9.17) is 4.74 Å². The molecule has 2 aromatic rings. The molecule has 0 amide bonds. The molecular formula is C13H17N3OS. The molecule has 0 radical (unpaired) electrons. The fraction of sp³-hybridized carbons (Fsp3) is 0.385. The molecule has 0 unspecified atom stereocenters. The number of hydrogen-bond acceptors (Lipinski definition) is 5. The van der Waals surface area contributed by atoms with E-state index in [0.29, 0.717) is 12.4 Å². The molecule has 2 heterocycles. The van der Waals surface area contributed by atoms with Crippen molar-refractivity contribution in [2.24, 2.45) is 0 Å². The first-order valence-corrected chi connectivity index (χ1v) is 6.64. The normalized spacial score (nSPS) is 11.5. The fourth-order valence-corrected chi connectivity index (χ4v) is 2.41. The van der Waals surface area contributed by atoms with Crippen LogP contribution >= 0.6 is 11.3 Å². The van der Waals surface area contributed by atoms with Gasteiger partial charge in [0, 0.05) is 29.9 Å². The monoisotopic (exact) mass is 263 g/mol. The van der Waals surface area contributed by atoms with Crippen molar-refractivity contribution in [2.75, 3.05) is 7.11 Å². The number of methoxy groups -OCH3 is 1. The Morgan fingerprint density at radius 2 is 2.17 bits per heavy atom. The zero-order valence-corrected chi connectivity index (χ0v) is 11.6. The molecule has 0 saturated carbocycles. The number of pyridine rings is 1. The lowest BCUT2D eigenvalue weighted by atomic mass is 10.1. The van der Waals surface area contributed by atoms with E-state index in [1.54, 1.807) is 24.6 Å². The molecule has 0 aliphatic rings. The predicted octanol–water partition coefficient (Wildman–Crippen LogP) is 2.57. The van der Waals surface area contributed by atoms with Crippen LogP contribution in [-0.2, 0) is 12.1 Å². The van der Waals surface area contributed by atoms with Crippen molar-refractivity contribution >= 4 is 11.3 Å². The fourth-order valence-electron chi connectivity index (χ4n) is 1.67. The number of nitrogens with one attached hydrogen (secondary N) is 1. The Bertz CT molecular complexity index is 497. The van der Waals surface area contributed by atoms with Gasteiger partial charge in [-0.25, -0.2) is 9.97 Å². The molecule has 0 aromatic carbocycles. The molecule has 4 nitrogen and oxygen atoms in total. The highest BCUT2D eigenvalue weighted by molar-refractivity contribution is 7.09. The van der Waals surface area contributed by atoms with Gasteiger partial charge in [-0.2, -0.15) is 0 Å². The molecule has 0 atom stereocenters. The van der Waals surface area contributed by atoms with Crippen LogP contribution in [0.5, 0.6) is 5.88 Å². The standard InChI is InChI=1S/C13H17N3OS/c1-13(2,12-15-7-8-18-12)16-9-10-5-4-6-14-11(10)17-3/h4-8,16H,9H2,1-3H3. The first kappa shape index (κ1) is 13.0. The van der Waals surface area contributed by atoms with E-state index in [1.165, 1.54) is 0 Å². The average molecular weight is 263 g/mol. The second-order valence-electron chi connectivity index (χ2n) is 4.49. The number of aromatic nitrogens is 2. The quantitative estimate of drug-likeness (QED) is 0.900. The minimum Gasteiger partial charge on any atom is -0.481 e. The van der Waals surface area contributed by atoms with Crippen molar-refractivity contribution in [3.8, 4) is 5.88 Å². The van der Waals surface area contributed by atoms with Gasteiger partial charge in [0.1, 0.15) is 5.01 Å². The zero-order valence-electron chi connectivity index (χ0n) is 10.8. The lowest BCUT2D eigenvalue weighted by Gasteiger charge is -2.24. The highest BCUT2D eigenvalue weighted by Crippen LogP contribution is 2.23. The molecule has 0 spiro atoms. The number of rotatable bonds is 5. The van der Waals surface area contributed by atoms with E-state index in [9.17, 15) is 0 Å². The predicted molar refractivity (Wildman–Crippen MR) is 72.8 cm³/mol. The summed E-state index contributed by atoms with van der Waals surface area (Å²) in [5.74, 6) is 0.667. The summed E-state index contributed by atoms with van der Waals surface area (Å²) >= 11 is 1.65. The summed E-state index contributed by atoms with van der Waals surface area (Å²) in [5.41, 5.74) is 0.888. The maximum absolute atomic E-state index is 5.24. The summed E-state index contributed by atoms with van der Waals surface area (Å²) in [6, 6.07) is 3.92. The van der Waals surface area contributed by atoms with Crippen molar-refractivity contribution in [2.45, 2.75) is 25.9 Å². The van der Waals surface area contributed by atoms with Crippen molar-refractivity contribution in [3.63, 3.8) is 0 Å². The van der Waals surface area contributed by atoms with Gasteiger partial charge in [-0.15, -0.1) is 11.3 Å². The average Bonchev–Trinajstić information content (AvgIpc) is 2.91. The van der Waals surface area contributed by atoms with Gasteiger partial charge in [0.05, 0.1) is 12.6 Å². The number of thiazole rings is 1. The van der Waals surface area contributed by atoms with E-state index < -0.39 is 0 Å². The summed E-state index contributed by atoms with van der Waals surface area (Å²) in [5, 5.41) is 6.54. The summed E-state index contributed by atoms with van der Waals surface area (Å²) in [6.07, 6.45) is 3.56. The minimum absolute atomic E-state index is 0.158. The molecule has 0 fully saturated rings. The second-order valence-corrected chi connectivity index (χ2v) is 5.38. The first-order valence-electron chi connectivity index (χ1n) is 5.76. The Labute approximate surface area is 111 Å². The molecule has 0 saturated heterocycles. The van der Waals surface area contributed by atoms with Gasteiger partial charge >= 0.3 is 0 Å². The molecule has 2 aromatic heterocycles. The van der Waals surface area contributed by atoms with Crippen LogP contribution in [0.4, 0.5) is 0 Å². The third kappa shape index (κ3) is 2.86. The smallest absolute Gasteiger partial charge is 0.217 e. The van der Waals surface area contributed by atoms with Crippen molar-refractivity contribution in [1.82, 2.24) is 15.3 Å². The molecular weight excluding hydrogens is 246 g/mol. The largest absolute Gasteiger partial charge is 0.481 e. The Morgan fingerprint density at radius 1 is 1.33 bits per heavy atom. The van der Waals surface area contributed by atoms with Crippen LogP contribution in [0.25, 0.3) is 0 Å².